The van der Waals surface area contributed by atoms with Crippen LogP contribution in [0.25, 0.3) is 5.69 Å². The van der Waals surface area contributed by atoms with Crippen molar-refractivity contribution in [2.24, 2.45) is 0 Å². The molecule has 0 bridgehead atoms. The summed E-state index contributed by atoms with van der Waals surface area (Å²) in [5, 5.41) is 13.1. The fraction of sp³-hybridized carbons (Fsp3) is 0.308. The molecule has 1 aromatic carbocycles. The summed E-state index contributed by atoms with van der Waals surface area (Å²) in [6.45, 7) is 5.88. The van der Waals surface area contributed by atoms with E-state index in [4.69, 9.17) is 5.11 Å². The van der Waals surface area contributed by atoms with E-state index in [1.807, 2.05) is 39.0 Å². The van der Waals surface area contributed by atoms with Gasteiger partial charge in [0, 0.05) is 10.4 Å². The van der Waals surface area contributed by atoms with Gasteiger partial charge >= 0.3 is 5.97 Å². The van der Waals surface area contributed by atoms with Crippen molar-refractivity contribution < 1.29 is 9.90 Å². The van der Waals surface area contributed by atoms with Crippen LogP contribution in [0.5, 0.6) is 0 Å². The highest BCUT2D eigenvalue weighted by molar-refractivity contribution is 9.10. The molecule has 6 heteroatoms. The fourth-order valence-corrected chi connectivity index (χ4v) is 2.41. The zero-order valence-corrected chi connectivity index (χ0v) is 12.5. The maximum Gasteiger partial charge on any atom is 0.375 e. The van der Waals surface area contributed by atoms with E-state index >= 15 is 0 Å². The van der Waals surface area contributed by atoms with Crippen LogP contribution < -0.4 is 0 Å². The van der Waals surface area contributed by atoms with Crippen LogP contribution in [-0.4, -0.2) is 25.8 Å². The third kappa shape index (κ3) is 2.84. The Bertz CT molecular complexity index is 615. The lowest BCUT2D eigenvalue weighted by molar-refractivity contribution is 0.0683. The van der Waals surface area contributed by atoms with Crippen LogP contribution in [0.4, 0.5) is 0 Å². The Kier molecular flexibility index (Phi) is 3.71. The van der Waals surface area contributed by atoms with E-state index in [1.54, 1.807) is 4.68 Å². The molecule has 100 valence electrons. The van der Waals surface area contributed by atoms with Crippen LogP contribution in [0.1, 0.15) is 41.8 Å². The molecule has 2 aromatic rings. The molecule has 0 fully saturated rings. The molecule has 0 spiro atoms. The van der Waals surface area contributed by atoms with Gasteiger partial charge in [-0.15, -0.1) is 5.10 Å². The molecule has 0 amide bonds. The van der Waals surface area contributed by atoms with Gasteiger partial charge in [0.2, 0.25) is 0 Å². The molecule has 1 N–H and O–H groups in total. The summed E-state index contributed by atoms with van der Waals surface area (Å²) in [4.78, 5) is 15.1. The zero-order valence-electron chi connectivity index (χ0n) is 10.9. The lowest BCUT2D eigenvalue weighted by atomic mass is 10.2. The minimum atomic E-state index is -1.12. The lowest BCUT2D eigenvalue weighted by Crippen LogP contribution is -2.05. The fourth-order valence-electron chi connectivity index (χ4n) is 1.82. The quantitative estimate of drug-likeness (QED) is 0.942. The van der Waals surface area contributed by atoms with E-state index in [0.717, 1.165) is 15.7 Å². The Hall–Kier alpha value is -1.69. The van der Waals surface area contributed by atoms with E-state index in [0.29, 0.717) is 5.82 Å². The lowest BCUT2D eigenvalue weighted by Gasteiger charge is -2.09. The molecule has 1 aromatic heterocycles. The molecule has 5 nitrogen and oxygen atoms in total. The molecule has 19 heavy (non-hydrogen) atoms. The van der Waals surface area contributed by atoms with Gasteiger partial charge in [-0.25, -0.2) is 14.5 Å². The first-order valence-electron chi connectivity index (χ1n) is 5.86. The van der Waals surface area contributed by atoms with Gasteiger partial charge in [-0.1, -0.05) is 29.8 Å². The van der Waals surface area contributed by atoms with Gasteiger partial charge in [-0.3, -0.25) is 0 Å². The number of carbonyl (C=O) groups is 1. The molecule has 0 saturated carbocycles. The van der Waals surface area contributed by atoms with Crippen molar-refractivity contribution in [3.63, 3.8) is 0 Å². The summed E-state index contributed by atoms with van der Waals surface area (Å²) in [5.74, 6) is -0.580. The number of rotatable bonds is 3. The van der Waals surface area contributed by atoms with Gasteiger partial charge in [0.1, 0.15) is 5.82 Å². The number of carboxylic acid groups (broad SMARTS) is 1. The van der Waals surface area contributed by atoms with Crippen molar-refractivity contribution in [2.45, 2.75) is 26.7 Å². The Morgan fingerprint density at radius 3 is 2.58 bits per heavy atom. The Morgan fingerprint density at radius 2 is 2.05 bits per heavy atom. The van der Waals surface area contributed by atoms with Gasteiger partial charge < -0.3 is 5.11 Å². The Balaban J connectivity index is 2.62. The third-order valence-electron chi connectivity index (χ3n) is 2.61. The van der Waals surface area contributed by atoms with Gasteiger partial charge in [-0.05, 0) is 30.7 Å². The van der Waals surface area contributed by atoms with Crippen molar-refractivity contribution in [1.82, 2.24) is 14.8 Å². The number of benzene rings is 1. The molecule has 0 aliphatic rings. The van der Waals surface area contributed by atoms with E-state index in [1.165, 1.54) is 0 Å². The molecule has 1 heterocycles. The molecular formula is C13H14BrN3O2. The second-order valence-corrected chi connectivity index (χ2v) is 5.57. The summed E-state index contributed by atoms with van der Waals surface area (Å²) in [7, 11) is 0. The molecule has 0 unspecified atom stereocenters. The highest BCUT2D eigenvalue weighted by Gasteiger charge is 2.18. The third-order valence-corrected chi connectivity index (χ3v) is 3.07. The average molecular weight is 324 g/mol. The second kappa shape index (κ2) is 5.13. The topological polar surface area (TPSA) is 68.0 Å². The first kappa shape index (κ1) is 13.7. The van der Waals surface area contributed by atoms with Gasteiger partial charge in [0.05, 0.1) is 5.69 Å². The van der Waals surface area contributed by atoms with Gasteiger partial charge in [0.25, 0.3) is 5.82 Å². The number of aromatic carboxylic acids is 1. The number of aryl methyl sites for hydroxylation is 1. The number of halogens is 1. The number of nitrogens with zero attached hydrogens (tertiary/aromatic N) is 3. The summed E-state index contributed by atoms with van der Waals surface area (Å²) >= 11 is 3.43. The largest absolute Gasteiger partial charge is 0.475 e. The predicted octanol–water partition coefficient (Wildman–Crippen LogP) is 3.16. The smallest absolute Gasteiger partial charge is 0.375 e. The van der Waals surface area contributed by atoms with Gasteiger partial charge in [0.15, 0.2) is 0 Å². The summed E-state index contributed by atoms with van der Waals surface area (Å²) in [6, 6.07) is 5.81. The zero-order chi connectivity index (χ0) is 14.2. The van der Waals surface area contributed by atoms with Crippen molar-refractivity contribution in [3.05, 3.63) is 39.9 Å². The summed E-state index contributed by atoms with van der Waals surface area (Å²) in [5.41, 5.74) is 1.86. The normalized spacial score (nSPS) is 11.0. The Labute approximate surface area is 119 Å². The molecule has 0 aliphatic heterocycles. The first-order chi connectivity index (χ1) is 8.88. The molecule has 0 aliphatic carbocycles. The van der Waals surface area contributed by atoms with Gasteiger partial charge in [-0.2, -0.15) is 0 Å². The molecule has 0 atom stereocenters. The van der Waals surface area contributed by atoms with E-state index in [2.05, 4.69) is 26.0 Å². The minimum absolute atomic E-state index is 0.0832. The van der Waals surface area contributed by atoms with Crippen LogP contribution in [0.3, 0.4) is 0 Å². The minimum Gasteiger partial charge on any atom is -0.475 e. The van der Waals surface area contributed by atoms with E-state index in [9.17, 15) is 4.79 Å². The number of carboxylic acids is 1. The summed E-state index contributed by atoms with van der Waals surface area (Å²) < 4.78 is 2.51. The first-order valence-corrected chi connectivity index (χ1v) is 6.65. The maximum atomic E-state index is 11.0. The van der Waals surface area contributed by atoms with E-state index in [-0.39, 0.29) is 11.7 Å². The maximum absolute atomic E-state index is 11.0. The number of hydrogen-bond acceptors (Lipinski definition) is 3. The highest BCUT2D eigenvalue weighted by atomic mass is 79.9. The van der Waals surface area contributed by atoms with E-state index < -0.39 is 5.97 Å². The monoisotopic (exact) mass is 323 g/mol. The van der Waals surface area contributed by atoms with Crippen molar-refractivity contribution >= 4 is 21.9 Å². The van der Waals surface area contributed by atoms with Crippen LogP contribution in [-0.2, 0) is 0 Å². The van der Waals surface area contributed by atoms with Crippen LogP contribution in [0.15, 0.2) is 22.7 Å². The average Bonchev–Trinajstić information content (AvgIpc) is 2.72. The number of hydrogen-bond donors (Lipinski definition) is 1. The van der Waals surface area contributed by atoms with Crippen molar-refractivity contribution in [3.8, 4) is 5.69 Å². The standard InChI is InChI=1S/C13H14BrN3O2/c1-7(2)12-15-11(13(18)19)16-17(12)10-5-8(3)4-9(14)6-10/h4-7H,1-3H3,(H,18,19). The van der Waals surface area contributed by atoms with Crippen LogP contribution in [0.2, 0.25) is 0 Å². The Morgan fingerprint density at radius 1 is 1.37 bits per heavy atom. The molecule has 0 radical (unpaired) electrons. The summed E-state index contributed by atoms with van der Waals surface area (Å²) in [6.07, 6.45) is 0. The predicted molar refractivity (Wildman–Crippen MR) is 74.8 cm³/mol. The van der Waals surface area contributed by atoms with Crippen LogP contribution >= 0.6 is 15.9 Å². The molecule has 2 rings (SSSR count). The molecule has 0 saturated heterocycles. The highest BCUT2D eigenvalue weighted by Crippen LogP contribution is 2.22. The van der Waals surface area contributed by atoms with Crippen molar-refractivity contribution in [1.29, 1.82) is 0 Å². The molecular weight excluding hydrogens is 310 g/mol. The SMILES string of the molecule is Cc1cc(Br)cc(-n2nc(C(=O)O)nc2C(C)C)c1. The van der Waals surface area contributed by atoms with Crippen molar-refractivity contribution in [2.75, 3.05) is 0 Å². The number of aromatic nitrogens is 3. The second-order valence-electron chi connectivity index (χ2n) is 4.65. The van der Waals surface area contributed by atoms with Crippen LogP contribution in [0, 0.1) is 6.92 Å².